The third kappa shape index (κ3) is 2.11. The van der Waals surface area contributed by atoms with Gasteiger partial charge in [-0.15, -0.1) is 0 Å². The number of carbonyl (C=O) groups excluding carboxylic acids is 1. The summed E-state index contributed by atoms with van der Waals surface area (Å²) in [6.45, 7) is 2.38. The van der Waals surface area contributed by atoms with Crippen LogP contribution in [0.5, 0.6) is 0 Å². The Balaban J connectivity index is 2.51. The van der Waals surface area contributed by atoms with Crippen LogP contribution in [-0.2, 0) is 14.3 Å². The number of ether oxygens (including phenoxy) is 1. The number of aliphatic carboxylic acids is 1. The minimum Gasteiger partial charge on any atom is -0.478 e. The van der Waals surface area contributed by atoms with E-state index in [1.54, 1.807) is 6.92 Å². The molecule has 20 heavy (non-hydrogen) atoms. The lowest BCUT2D eigenvalue weighted by molar-refractivity contribution is -0.151. The third-order valence-corrected chi connectivity index (χ3v) is 4.17. The lowest BCUT2D eigenvalue weighted by Crippen LogP contribution is -2.60. The quantitative estimate of drug-likeness (QED) is 0.605. The number of aliphatic hydroxyl groups is 1. The number of carboxylic acids is 1. The number of hydrogen-bond donors (Lipinski definition) is 2. The van der Waals surface area contributed by atoms with E-state index in [-0.39, 0.29) is 18.6 Å². The van der Waals surface area contributed by atoms with Crippen molar-refractivity contribution >= 4 is 11.8 Å². The van der Waals surface area contributed by atoms with Crippen LogP contribution in [-0.4, -0.2) is 39.7 Å². The highest BCUT2D eigenvalue weighted by Gasteiger charge is 2.67. The average Bonchev–Trinajstić information content (AvgIpc) is 2.38. The molecule has 1 saturated heterocycles. The molecule has 3 atom stereocenters. The van der Waals surface area contributed by atoms with Crippen molar-refractivity contribution in [3.8, 4) is 0 Å². The first-order valence-electron chi connectivity index (χ1n) is 7.42. The van der Waals surface area contributed by atoms with Crippen LogP contribution >= 0.6 is 0 Å². The monoisotopic (exact) mass is 282 g/mol. The van der Waals surface area contributed by atoms with E-state index in [0.717, 1.165) is 6.08 Å². The fourth-order valence-corrected chi connectivity index (χ4v) is 2.99. The van der Waals surface area contributed by atoms with E-state index in [9.17, 15) is 14.7 Å². The molecule has 2 rings (SSSR count). The Morgan fingerprint density at radius 1 is 1.45 bits per heavy atom. The van der Waals surface area contributed by atoms with E-state index in [0.29, 0.717) is 5.57 Å². The van der Waals surface area contributed by atoms with E-state index in [4.69, 9.17) is 12.6 Å². The van der Waals surface area contributed by atoms with Gasteiger partial charge < -0.3 is 14.9 Å². The summed E-state index contributed by atoms with van der Waals surface area (Å²) in [5.41, 5.74) is -4.15. The van der Waals surface area contributed by atoms with Gasteiger partial charge in [-0.1, -0.05) is 13.0 Å². The SMILES string of the molecule is [2H]C1([2H])O[C@]2(C)CC(=O)C[C@@]1(C)[C@@]2(O)/C=C/C(C)=C\C(=O)O. The zero-order valence-corrected chi connectivity index (χ0v) is 11.8. The number of carbonyl (C=O) groups is 2. The summed E-state index contributed by atoms with van der Waals surface area (Å²) in [4.78, 5) is 22.6. The van der Waals surface area contributed by atoms with Gasteiger partial charge in [0.2, 0.25) is 0 Å². The van der Waals surface area contributed by atoms with Crippen molar-refractivity contribution in [2.45, 2.75) is 44.8 Å². The van der Waals surface area contributed by atoms with Gasteiger partial charge in [0.1, 0.15) is 17.0 Å². The van der Waals surface area contributed by atoms with Crippen molar-refractivity contribution in [2.24, 2.45) is 5.41 Å². The number of fused-ring (bicyclic) bond motifs is 2. The molecule has 0 amide bonds. The fraction of sp³-hybridized carbons (Fsp3) is 0.600. The van der Waals surface area contributed by atoms with Crippen LogP contribution in [0.15, 0.2) is 23.8 Å². The maximum Gasteiger partial charge on any atom is 0.328 e. The number of carboxylic acid groups (broad SMARTS) is 1. The van der Waals surface area contributed by atoms with E-state index in [1.807, 2.05) is 0 Å². The van der Waals surface area contributed by atoms with E-state index >= 15 is 0 Å². The summed E-state index contributed by atoms with van der Waals surface area (Å²) >= 11 is 0. The van der Waals surface area contributed by atoms with Gasteiger partial charge in [0.05, 0.1) is 9.30 Å². The molecule has 0 aromatic carbocycles. The first-order chi connectivity index (χ1) is 9.87. The molecule has 5 heteroatoms. The highest BCUT2D eigenvalue weighted by molar-refractivity contribution is 5.83. The lowest BCUT2D eigenvalue weighted by atomic mass is 9.59. The molecule has 0 aromatic heterocycles. The topological polar surface area (TPSA) is 83.8 Å². The van der Waals surface area contributed by atoms with Crippen molar-refractivity contribution in [3.05, 3.63) is 23.8 Å². The van der Waals surface area contributed by atoms with Crippen LogP contribution in [0.4, 0.5) is 0 Å². The average molecular weight is 282 g/mol. The number of hydrogen-bond acceptors (Lipinski definition) is 4. The zero-order valence-electron chi connectivity index (χ0n) is 13.8. The first-order valence-corrected chi connectivity index (χ1v) is 6.42. The van der Waals surface area contributed by atoms with Crippen molar-refractivity contribution in [1.82, 2.24) is 0 Å². The zero-order chi connectivity index (χ0) is 17.0. The summed E-state index contributed by atoms with van der Waals surface area (Å²) in [6.07, 6.45) is 3.53. The minimum absolute atomic E-state index is 0.0926. The van der Waals surface area contributed by atoms with Gasteiger partial charge in [0, 0.05) is 24.3 Å². The second kappa shape index (κ2) is 4.53. The van der Waals surface area contributed by atoms with Crippen LogP contribution in [0.2, 0.25) is 0 Å². The highest BCUT2D eigenvalue weighted by Crippen LogP contribution is 2.56. The molecule has 0 aromatic rings. The maximum atomic E-state index is 11.9. The number of ketones is 1. The molecular weight excluding hydrogens is 260 g/mol. The molecule has 1 saturated carbocycles. The normalized spacial score (nSPS) is 45.4. The van der Waals surface area contributed by atoms with E-state index in [2.05, 4.69) is 0 Å². The van der Waals surface area contributed by atoms with Gasteiger partial charge in [0.25, 0.3) is 0 Å². The molecule has 1 heterocycles. The second-order valence-electron chi connectivity index (χ2n) is 5.99. The van der Waals surface area contributed by atoms with Crippen LogP contribution in [0, 0.1) is 5.41 Å². The Bertz CT molecular complexity index is 597. The first kappa shape index (κ1) is 12.3. The summed E-state index contributed by atoms with van der Waals surface area (Å²) in [5, 5.41) is 19.9. The molecule has 1 aliphatic heterocycles. The fourth-order valence-electron chi connectivity index (χ4n) is 2.99. The van der Waals surface area contributed by atoms with Crippen LogP contribution in [0.25, 0.3) is 0 Å². The molecular formula is C15H20O5. The Morgan fingerprint density at radius 2 is 2.10 bits per heavy atom. The van der Waals surface area contributed by atoms with Crippen LogP contribution in [0.3, 0.4) is 0 Å². The Hall–Kier alpha value is -1.46. The van der Waals surface area contributed by atoms with Crippen molar-refractivity contribution in [1.29, 1.82) is 0 Å². The molecule has 110 valence electrons. The Morgan fingerprint density at radius 3 is 2.65 bits per heavy atom. The van der Waals surface area contributed by atoms with Gasteiger partial charge in [0.15, 0.2) is 0 Å². The van der Waals surface area contributed by atoms with Gasteiger partial charge in [-0.2, -0.15) is 0 Å². The van der Waals surface area contributed by atoms with E-state index < -0.39 is 29.1 Å². The largest absolute Gasteiger partial charge is 0.478 e. The summed E-state index contributed by atoms with van der Waals surface area (Å²) < 4.78 is 21.6. The highest BCUT2D eigenvalue weighted by atomic mass is 16.5. The van der Waals surface area contributed by atoms with Gasteiger partial charge >= 0.3 is 5.97 Å². The molecule has 1 aliphatic carbocycles. The maximum absolute atomic E-state index is 11.9. The number of rotatable bonds is 3. The molecule has 0 radical (unpaired) electrons. The third-order valence-electron chi connectivity index (χ3n) is 4.17. The van der Waals surface area contributed by atoms with Gasteiger partial charge in [-0.05, 0) is 25.5 Å². The van der Waals surface area contributed by atoms with Crippen molar-refractivity contribution in [2.75, 3.05) is 6.56 Å². The predicted molar refractivity (Wildman–Crippen MR) is 72.2 cm³/mol. The molecule has 0 unspecified atom stereocenters. The second-order valence-corrected chi connectivity index (χ2v) is 5.99. The van der Waals surface area contributed by atoms with Crippen molar-refractivity contribution in [3.63, 3.8) is 0 Å². The molecule has 2 N–H and O–H groups in total. The molecule has 2 aliphatic rings. The number of allylic oxidation sites excluding steroid dienone is 2. The molecule has 2 fully saturated rings. The van der Waals surface area contributed by atoms with Gasteiger partial charge in [-0.3, -0.25) is 4.79 Å². The van der Waals surface area contributed by atoms with E-state index in [1.165, 1.54) is 26.0 Å². The van der Waals surface area contributed by atoms with Crippen LogP contribution in [0.1, 0.15) is 36.4 Å². The molecule has 5 nitrogen and oxygen atoms in total. The lowest BCUT2D eigenvalue weighted by Gasteiger charge is -2.47. The molecule has 0 spiro atoms. The Kier molecular flexibility index (Phi) is 2.79. The minimum atomic E-state index is -2.17. The predicted octanol–water partition coefficient (Wildman–Crippen LogP) is 1.46. The Labute approximate surface area is 120 Å². The number of Topliss-reactive ketones (excluding diaryl/α,β-unsaturated/α-hetero) is 1. The standard InChI is InChI=1S/C15H20O5/c1-10(6-12(17)18)4-5-15(19)13(2)7-11(16)8-14(15,3)20-9-13/h4-6,19H,7-9H2,1-3H3,(H,17,18)/b5-4+,10-6-/t13-,14-,15+/m1/s1/i9D2. The summed E-state index contributed by atoms with van der Waals surface area (Å²) in [6, 6.07) is 0. The smallest absolute Gasteiger partial charge is 0.328 e. The van der Waals surface area contributed by atoms with Crippen LogP contribution < -0.4 is 0 Å². The van der Waals surface area contributed by atoms with Crippen molar-refractivity contribution < 1.29 is 27.3 Å². The van der Waals surface area contributed by atoms with Gasteiger partial charge in [-0.25, -0.2) is 4.79 Å². The molecule has 2 bridgehead atoms. The summed E-state index contributed by atoms with van der Waals surface area (Å²) in [5.74, 6) is -1.28. The summed E-state index contributed by atoms with van der Waals surface area (Å²) in [7, 11) is 0.